The molecular weight excluding hydrogens is 274 g/mol. The molecule has 20 heavy (non-hydrogen) atoms. The predicted molar refractivity (Wildman–Crippen MR) is 79.7 cm³/mol. The third-order valence-corrected chi connectivity index (χ3v) is 3.75. The van der Waals surface area contributed by atoms with Gasteiger partial charge in [-0.05, 0) is 31.2 Å². The van der Waals surface area contributed by atoms with E-state index in [4.69, 9.17) is 16.0 Å². The molecule has 1 aromatic heterocycles. The molecule has 106 valence electrons. The summed E-state index contributed by atoms with van der Waals surface area (Å²) in [6.07, 6.45) is 1.78. The molecule has 3 rings (SSSR count). The van der Waals surface area contributed by atoms with Gasteiger partial charge in [0.2, 0.25) is 5.89 Å². The summed E-state index contributed by atoms with van der Waals surface area (Å²) in [6, 6.07) is 8.13. The summed E-state index contributed by atoms with van der Waals surface area (Å²) in [7, 11) is 0. The van der Waals surface area contributed by atoms with Gasteiger partial charge in [0.25, 0.3) is 0 Å². The van der Waals surface area contributed by atoms with Crippen LogP contribution in [0.1, 0.15) is 12.8 Å². The number of halogens is 1. The average molecular weight is 292 g/mol. The second-order valence-corrected chi connectivity index (χ2v) is 5.65. The van der Waals surface area contributed by atoms with E-state index in [-0.39, 0.29) is 0 Å². The Labute approximate surface area is 123 Å². The molecule has 1 aromatic carbocycles. The molecule has 2 heterocycles. The third-order valence-electron chi connectivity index (χ3n) is 3.49. The Morgan fingerprint density at radius 2 is 2.20 bits per heavy atom. The van der Waals surface area contributed by atoms with Crippen LogP contribution in [0.25, 0.3) is 11.3 Å². The molecule has 1 fully saturated rings. The van der Waals surface area contributed by atoms with E-state index >= 15 is 0 Å². The van der Waals surface area contributed by atoms with Gasteiger partial charge in [-0.3, -0.25) is 4.90 Å². The highest BCUT2D eigenvalue weighted by Crippen LogP contribution is 2.22. The van der Waals surface area contributed by atoms with Crippen LogP contribution in [0.5, 0.6) is 0 Å². The van der Waals surface area contributed by atoms with E-state index in [0.717, 1.165) is 48.4 Å². The van der Waals surface area contributed by atoms with Crippen LogP contribution in [-0.4, -0.2) is 35.6 Å². The molecule has 0 aliphatic carbocycles. The van der Waals surface area contributed by atoms with E-state index in [1.165, 1.54) is 0 Å². The number of nitrogens with zero attached hydrogens (tertiary/aromatic N) is 2. The van der Waals surface area contributed by atoms with Crippen molar-refractivity contribution in [1.29, 1.82) is 0 Å². The first-order chi connectivity index (χ1) is 9.70. The highest BCUT2D eigenvalue weighted by atomic mass is 35.5. The van der Waals surface area contributed by atoms with Crippen LogP contribution in [0.2, 0.25) is 5.02 Å². The van der Waals surface area contributed by atoms with Crippen molar-refractivity contribution in [3.8, 4) is 11.3 Å². The van der Waals surface area contributed by atoms with Gasteiger partial charge in [-0.1, -0.05) is 11.6 Å². The molecule has 0 amide bonds. The van der Waals surface area contributed by atoms with Gasteiger partial charge in [-0.2, -0.15) is 0 Å². The van der Waals surface area contributed by atoms with Crippen molar-refractivity contribution >= 4 is 11.6 Å². The average Bonchev–Trinajstić information content (AvgIpc) is 2.88. The molecule has 1 atom stereocenters. The minimum absolute atomic E-state index is 0.523. The zero-order valence-electron chi connectivity index (χ0n) is 11.5. The summed E-state index contributed by atoms with van der Waals surface area (Å²) in [5, 5.41) is 4.15. The van der Waals surface area contributed by atoms with Crippen molar-refractivity contribution in [2.24, 2.45) is 0 Å². The Morgan fingerprint density at radius 1 is 1.40 bits per heavy atom. The lowest BCUT2D eigenvalue weighted by atomic mass is 10.2. The summed E-state index contributed by atoms with van der Waals surface area (Å²) < 4.78 is 5.83. The molecule has 1 aliphatic heterocycles. The predicted octanol–water partition coefficient (Wildman–Crippen LogP) is 2.79. The lowest BCUT2D eigenvalue weighted by Crippen LogP contribution is -2.48. The number of hydrogen-bond donors (Lipinski definition) is 1. The summed E-state index contributed by atoms with van der Waals surface area (Å²) in [4.78, 5) is 6.73. The number of rotatable bonds is 3. The number of hydrogen-bond acceptors (Lipinski definition) is 4. The zero-order valence-corrected chi connectivity index (χ0v) is 12.2. The minimum atomic E-state index is 0.523. The topological polar surface area (TPSA) is 41.3 Å². The number of aromatic nitrogens is 1. The van der Waals surface area contributed by atoms with Gasteiger partial charge < -0.3 is 9.73 Å². The number of benzene rings is 1. The van der Waals surface area contributed by atoms with Crippen LogP contribution in [0.3, 0.4) is 0 Å². The van der Waals surface area contributed by atoms with Crippen LogP contribution in [0.15, 0.2) is 34.9 Å². The molecule has 1 N–H and O–H groups in total. The van der Waals surface area contributed by atoms with Crippen molar-refractivity contribution in [3.63, 3.8) is 0 Å². The van der Waals surface area contributed by atoms with Crippen molar-refractivity contribution in [2.75, 3.05) is 19.6 Å². The van der Waals surface area contributed by atoms with E-state index in [2.05, 4.69) is 22.1 Å². The Kier molecular flexibility index (Phi) is 4.05. The minimum Gasteiger partial charge on any atom is -0.439 e. The highest BCUT2D eigenvalue weighted by Gasteiger charge is 2.17. The lowest BCUT2D eigenvalue weighted by molar-refractivity contribution is 0.184. The van der Waals surface area contributed by atoms with E-state index < -0.39 is 0 Å². The van der Waals surface area contributed by atoms with Crippen LogP contribution in [-0.2, 0) is 6.54 Å². The molecule has 4 nitrogen and oxygen atoms in total. The van der Waals surface area contributed by atoms with Crippen LogP contribution < -0.4 is 5.32 Å². The third kappa shape index (κ3) is 3.20. The second kappa shape index (κ2) is 5.95. The quantitative estimate of drug-likeness (QED) is 0.944. The first kappa shape index (κ1) is 13.6. The van der Waals surface area contributed by atoms with Gasteiger partial charge in [-0.15, -0.1) is 0 Å². The lowest BCUT2D eigenvalue weighted by Gasteiger charge is -2.30. The normalized spacial score (nSPS) is 20.2. The van der Waals surface area contributed by atoms with Crippen molar-refractivity contribution < 1.29 is 4.42 Å². The molecular formula is C15H18ClN3O. The smallest absolute Gasteiger partial charge is 0.209 e. The van der Waals surface area contributed by atoms with Crippen molar-refractivity contribution in [2.45, 2.75) is 19.5 Å². The van der Waals surface area contributed by atoms with E-state index in [9.17, 15) is 0 Å². The Balaban J connectivity index is 1.69. The number of oxazole rings is 1. The van der Waals surface area contributed by atoms with Gasteiger partial charge in [-0.25, -0.2) is 4.98 Å². The summed E-state index contributed by atoms with van der Waals surface area (Å²) >= 11 is 5.89. The van der Waals surface area contributed by atoms with E-state index in [1.807, 2.05) is 24.3 Å². The maximum absolute atomic E-state index is 5.89. The fraction of sp³-hybridized carbons (Fsp3) is 0.400. The maximum Gasteiger partial charge on any atom is 0.209 e. The Morgan fingerprint density at radius 3 is 2.95 bits per heavy atom. The standard InChI is InChI=1S/C15H18ClN3O/c1-11-9-19(7-6-17-11)10-15-18-8-14(20-15)12-2-4-13(16)5-3-12/h2-5,8,11,17H,6-7,9-10H2,1H3. The van der Waals surface area contributed by atoms with Gasteiger partial charge in [0, 0.05) is 36.3 Å². The Hall–Kier alpha value is -1.36. The number of nitrogens with one attached hydrogen (secondary N) is 1. The molecule has 2 aromatic rings. The molecule has 0 bridgehead atoms. The largest absolute Gasteiger partial charge is 0.439 e. The fourth-order valence-electron chi connectivity index (χ4n) is 2.48. The van der Waals surface area contributed by atoms with Gasteiger partial charge in [0.1, 0.15) is 0 Å². The summed E-state index contributed by atoms with van der Waals surface area (Å²) in [6.45, 7) is 6.04. The monoisotopic (exact) mass is 291 g/mol. The second-order valence-electron chi connectivity index (χ2n) is 5.22. The summed E-state index contributed by atoms with van der Waals surface area (Å²) in [5.74, 6) is 1.56. The molecule has 0 spiro atoms. The van der Waals surface area contributed by atoms with Gasteiger partial charge in [0.15, 0.2) is 5.76 Å². The zero-order chi connectivity index (χ0) is 13.9. The fourth-order valence-corrected chi connectivity index (χ4v) is 2.60. The van der Waals surface area contributed by atoms with Crippen molar-refractivity contribution in [3.05, 3.63) is 41.4 Å². The van der Waals surface area contributed by atoms with Crippen molar-refractivity contribution in [1.82, 2.24) is 15.2 Å². The molecule has 0 saturated carbocycles. The maximum atomic E-state index is 5.89. The van der Waals surface area contributed by atoms with E-state index in [0.29, 0.717) is 6.04 Å². The van der Waals surface area contributed by atoms with Crippen LogP contribution in [0.4, 0.5) is 0 Å². The highest BCUT2D eigenvalue weighted by molar-refractivity contribution is 6.30. The first-order valence-corrected chi connectivity index (χ1v) is 7.25. The van der Waals surface area contributed by atoms with Crippen LogP contribution in [0, 0.1) is 0 Å². The Bertz CT molecular complexity index is 567. The molecule has 1 saturated heterocycles. The molecule has 1 unspecified atom stereocenters. The SMILES string of the molecule is CC1CN(Cc2ncc(-c3ccc(Cl)cc3)o2)CCN1. The molecule has 5 heteroatoms. The van der Waals surface area contributed by atoms with Gasteiger partial charge in [0.05, 0.1) is 12.7 Å². The number of piperazine rings is 1. The molecule has 1 aliphatic rings. The van der Waals surface area contributed by atoms with Gasteiger partial charge >= 0.3 is 0 Å². The molecule has 0 radical (unpaired) electrons. The van der Waals surface area contributed by atoms with E-state index in [1.54, 1.807) is 6.20 Å². The summed E-state index contributed by atoms with van der Waals surface area (Å²) in [5.41, 5.74) is 1.00. The van der Waals surface area contributed by atoms with Crippen LogP contribution >= 0.6 is 11.6 Å². The first-order valence-electron chi connectivity index (χ1n) is 6.87.